The Morgan fingerprint density at radius 1 is 0.903 bits per heavy atom. The van der Waals surface area contributed by atoms with Gasteiger partial charge in [-0.05, 0) is 38.1 Å². The van der Waals surface area contributed by atoms with Gasteiger partial charge in [0.15, 0.2) is 0 Å². The summed E-state index contributed by atoms with van der Waals surface area (Å²) in [6.07, 6.45) is 0. The fraction of sp³-hybridized carbons (Fsp3) is 0.417. The molecule has 0 fully saturated rings. The van der Waals surface area contributed by atoms with E-state index in [1.165, 1.54) is 11.4 Å². The molecule has 0 amide bonds. The number of ether oxygens (including phenoxy) is 2. The summed E-state index contributed by atoms with van der Waals surface area (Å²) in [6, 6.07) is 21.9. The summed E-state index contributed by atoms with van der Waals surface area (Å²) in [5, 5.41) is 2.98. The normalized spacial score (nSPS) is 16.8. The summed E-state index contributed by atoms with van der Waals surface area (Å²) in [5.74, 6) is 0. The van der Waals surface area contributed by atoms with Gasteiger partial charge in [0.1, 0.15) is 19.3 Å². The van der Waals surface area contributed by atoms with Crippen LogP contribution in [0.1, 0.15) is 13.8 Å². The van der Waals surface area contributed by atoms with Gasteiger partial charge in [0.05, 0.1) is 6.54 Å². The second kappa shape index (κ2) is 11.8. The first-order valence-corrected chi connectivity index (χ1v) is 10.9. The lowest BCUT2D eigenvalue weighted by Crippen LogP contribution is -2.32. The van der Waals surface area contributed by atoms with Crippen molar-refractivity contribution in [2.24, 2.45) is 9.98 Å². The van der Waals surface area contributed by atoms with Crippen LogP contribution in [0.25, 0.3) is 0 Å². The standard InChI is InChI=1S/C15H20N4O2.C9H13N/c1-2-19(13-6-4-3-5-7-13)10-12-11-21-15(17-12)18-14-16-8-9-20-14;1-3-10(2)9-7-5-4-6-8-9/h3-7,12H,2,8-11H2,1H3,(H,16,17,18);4-8H,3H2,1-2H3. The molecule has 2 aromatic carbocycles. The van der Waals surface area contributed by atoms with E-state index in [0.717, 1.165) is 19.6 Å². The van der Waals surface area contributed by atoms with E-state index in [4.69, 9.17) is 9.47 Å². The Kier molecular flexibility index (Phi) is 8.58. The minimum Gasteiger partial charge on any atom is -0.463 e. The lowest BCUT2D eigenvalue weighted by Gasteiger charge is -2.24. The number of anilines is 2. The van der Waals surface area contributed by atoms with Gasteiger partial charge < -0.3 is 19.3 Å². The first kappa shape index (κ1) is 22.5. The largest absolute Gasteiger partial charge is 0.463 e. The molecule has 0 aliphatic carbocycles. The second-order valence-corrected chi connectivity index (χ2v) is 7.28. The van der Waals surface area contributed by atoms with Gasteiger partial charge in [-0.15, -0.1) is 0 Å². The molecule has 0 saturated carbocycles. The zero-order chi connectivity index (χ0) is 21.9. The van der Waals surface area contributed by atoms with Gasteiger partial charge >= 0.3 is 0 Å². The van der Waals surface area contributed by atoms with Gasteiger partial charge in [0, 0.05) is 38.1 Å². The Morgan fingerprint density at radius 2 is 1.58 bits per heavy atom. The van der Waals surface area contributed by atoms with Crippen molar-refractivity contribution < 1.29 is 9.47 Å². The van der Waals surface area contributed by atoms with Gasteiger partial charge in [-0.1, -0.05) is 36.4 Å². The van der Waals surface area contributed by atoms with E-state index >= 15 is 0 Å². The van der Waals surface area contributed by atoms with Crippen molar-refractivity contribution in [2.75, 3.05) is 56.2 Å². The number of nitrogens with zero attached hydrogens (tertiary/aromatic N) is 4. The van der Waals surface area contributed by atoms with Gasteiger partial charge in [-0.2, -0.15) is 0 Å². The molecule has 0 saturated heterocycles. The third kappa shape index (κ3) is 6.91. The van der Waals surface area contributed by atoms with Gasteiger partial charge in [0.25, 0.3) is 12.0 Å². The molecule has 31 heavy (non-hydrogen) atoms. The molecule has 0 radical (unpaired) electrons. The number of aliphatic imine (C=N–C) groups is 2. The average Bonchev–Trinajstić information content (AvgIpc) is 3.51. The van der Waals surface area contributed by atoms with Crippen molar-refractivity contribution in [1.82, 2.24) is 5.32 Å². The van der Waals surface area contributed by atoms with Gasteiger partial charge in [0.2, 0.25) is 0 Å². The highest BCUT2D eigenvalue weighted by molar-refractivity contribution is 5.94. The molecule has 1 N–H and O–H groups in total. The number of amidine groups is 2. The fourth-order valence-corrected chi connectivity index (χ4v) is 3.25. The second-order valence-electron chi connectivity index (χ2n) is 7.28. The molecule has 1 unspecified atom stereocenters. The van der Waals surface area contributed by atoms with Crippen molar-refractivity contribution in [3.63, 3.8) is 0 Å². The molecule has 166 valence electrons. The van der Waals surface area contributed by atoms with E-state index in [9.17, 15) is 0 Å². The molecule has 2 aliphatic rings. The van der Waals surface area contributed by atoms with Crippen LogP contribution in [0.5, 0.6) is 0 Å². The highest BCUT2D eigenvalue weighted by Crippen LogP contribution is 2.15. The molecule has 2 aliphatic heterocycles. The third-order valence-corrected chi connectivity index (χ3v) is 5.12. The van der Waals surface area contributed by atoms with Crippen LogP contribution in [0.4, 0.5) is 11.4 Å². The van der Waals surface area contributed by atoms with Crippen molar-refractivity contribution in [3.8, 4) is 0 Å². The molecule has 4 rings (SSSR count). The van der Waals surface area contributed by atoms with Crippen molar-refractivity contribution in [1.29, 1.82) is 0 Å². The molecule has 0 aromatic heterocycles. The predicted octanol–water partition coefficient (Wildman–Crippen LogP) is 3.39. The fourth-order valence-electron chi connectivity index (χ4n) is 3.25. The van der Waals surface area contributed by atoms with E-state index in [0.29, 0.717) is 31.8 Å². The molecule has 7 nitrogen and oxygen atoms in total. The molecule has 1 atom stereocenters. The quantitative estimate of drug-likeness (QED) is 0.772. The van der Waals surface area contributed by atoms with Crippen LogP contribution in [-0.4, -0.2) is 64.5 Å². The molecule has 2 aromatic rings. The average molecular weight is 424 g/mol. The Balaban J connectivity index is 0.000000229. The van der Waals surface area contributed by atoms with Crippen LogP contribution < -0.4 is 15.1 Å². The van der Waals surface area contributed by atoms with Crippen molar-refractivity contribution in [2.45, 2.75) is 19.9 Å². The maximum atomic E-state index is 5.56. The van der Waals surface area contributed by atoms with E-state index in [1.807, 2.05) is 12.1 Å². The van der Waals surface area contributed by atoms with E-state index < -0.39 is 0 Å². The van der Waals surface area contributed by atoms with Gasteiger partial charge in [-0.3, -0.25) is 5.32 Å². The summed E-state index contributed by atoms with van der Waals surface area (Å²) in [7, 11) is 2.09. The summed E-state index contributed by atoms with van der Waals surface area (Å²) < 4.78 is 10.8. The first-order chi connectivity index (χ1) is 15.2. The smallest absolute Gasteiger partial charge is 0.293 e. The van der Waals surface area contributed by atoms with Crippen LogP contribution in [0.3, 0.4) is 0 Å². The Hall–Kier alpha value is -3.22. The number of hydrogen-bond donors (Lipinski definition) is 1. The zero-order valence-corrected chi connectivity index (χ0v) is 18.7. The van der Waals surface area contributed by atoms with Crippen LogP contribution in [0.15, 0.2) is 70.6 Å². The van der Waals surface area contributed by atoms with Crippen LogP contribution in [-0.2, 0) is 9.47 Å². The number of rotatable bonds is 6. The minimum absolute atomic E-state index is 0.120. The van der Waals surface area contributed by atoms with Crippen LogP contribution in [0.2, 0.25) is 0 Å². The number of nitrogens with one attached hydrogen (secondary N) is 1. The molecule has 7 heteroatoms. The maximum Gasteiger partial charge on any atom is 0.293 e. The zero-order valence-electron chi connectivity index (χ0n) is 18.7. The van der Waals surface area contributed by atoms with Crippen LogP contribution in [0, 0.1) is 0 Å². The summed E-state index contributed by atoms with van der Waals surface area (Å²) in [4.78, 5) is 13.2. The van der Waals surface area contributed by atoms with Crippen molar-refractivity contribution in [3.05, 3.63) is 60.7 Å². The number of hydrogen-bond acceptors (Lipinski definition) is 7. The summed E-state index contributed by atoms with van der Waals surface area (Å²) in [5.41, 5.74) is 2.49. The number of likely N-dealkylation sites (N-methyl/N-ethyl adjacent to an activating group) is 1. The topological polar surface area (TPSA) is 61.7 Å². The lowest BCUT2D eigenvalue weighted by atomic mass is 10.2. The lowest BCUT2D eigenvalue weighted by molar-refractivity contribution is 0.300. The van der Waals surface area contributed by atoms with Gasteiger partial charge in [-0.25, -0.2) is 9.98 Å². The van der Waals surface area contributed by atoms with Crippen molar-refractivity contribution >= 4 is 23.4 Å². The minimum atomic E-state index is 0.120. The molecular weight excluding hydrogens is 390 g/mol. The maximum absolute atomic E-state index is 5.56. The SMILES string of the molecule is CCN(C)c1ccccc1.CCN(CC1COC(NC2=NCCO2)=N1)c1ccccc1. The van der Waals surface area contributed by atoms with Crippen LogP contribution >= 0.6 is 0 Å². The Labute approximate surface area is 185 Å². The van der Waals surface area contributed by atoms with E-state index in [-0.39, 0.29) is 6.04 Å². The highest BCUT2D eigenvalue weighted by Gasteiger charge is 2.23. The molecule has 2 heterocycles. The summed E-state index contributed by atoms with van der Waals surface area (Å²) >= 11 is 0. The molecular formula is C24H33N5O2. The van der Waals surface area contributed by atoms with E-state index in [2.05, 4.69) is 94.5 Å². The number of para-hydroxylation sites is 2. The Bertz CT molecular complexity index is 842. The first-order valence-electron chi connectivity index (χ1n) is 10.9. The third-order valence-electron chi connectivity index (χ3n) is 5.12. The monoisotopic (exact) mass is 423 g/mol. The predicted molar refractivity (Wildman–Crippen MR) is 128 cm³/mol. The summed E-state index contributed by atoms with van der Waals surface area (Å²) in [6.45, 7) is 9.02. The molecule has 0 spiro atoms. The van der Waals surface area contributed by atoms with E-state index in [1.54, 1.807) is 0 Å². The highest BCUT2D eigenvalue weighted by atomic mass is 16.5. The number of benzene rings is 2. The Morgan fingerprint density at radius 3 is 2.16 bits per heavy atom. The molecule has 0 bridgehead atoms.